The minimum atomic E-state index is -0.770. The van der Waals surface area contributed by atoms with Crippen molar-refractivity contribution in [3.63, 3.8) is 0 Å². The van der Waals surface area contributed by atoms with Crippen molar-refractivity contribution in [3.05, 3.63) is 72.6 Å². The lowest BCUT2D eigenvalue weighted by Crippen LogP contribution is -2.36. The third-order valence-corrected chi connectivity index (χ3v) is 4.69. The smallest absolute Gasteiger partial charge is 0.279 e. The van der Waals surface area contributed by atoms with Crippen molar-refractivity contribution < 1.29 is 19.0 Å². The van der Waals surface area contributed by atoms with Crippen LogP contribution in [0.3, 0.4) is 0 Å². The minimum Gasteiger partial charge on any atom is -0.308 e. The maximum absolute atomic E-state index is 13.7. The first-order valence-electron chi connectivity index (χ1n) is 8.25. The van der Waals surface area contributed by atoms with Gasteiger partial charge in [0.15, 0.2) is 0 Å². The third-order valence-electron chi connectivity index (χ3n) is 4.69. The van der Waals surface area contributed by atoms with Crippen LogP contribution in [0.15, 0.2) is 24.3 Å². The molecule has 1 heterocycles. The fourth-order valence-electron chi connectivity index (χ4n) is 3.47. The largest absolute Gasteiger partial charge is 0.308 e. The Hall–Kier alpha value is -3.36. The molecule has 0 saturated heterocycles. The molecule has 0 aromatic heterocycles. The summed E-state index contributed by atoms with van der Waals surface area (Å²) in [6, 6.07) is 4.58. The zero-order chi connectivity index (χ0) is 19.9. The van der Waals surface area contributed by atoms with Gasteiger partial charge in [-0.05, 0) is 49.9 Å². The lowest BCUT2D eigenvalue weighted by Gasteiger charge is -2.31. The summed E-state index contributed by atoms with van der Waals surface area (Å²) in [4.78, 5) is 35.5. The molecule has 0 spiro atoms. The quantitative estimate of drug-likeness (QED) is 0.600. The van der Waals surface area contributed by atoms with Gasteiger partial charge in [-0.15, -0.1) is 0 Å². The van der Waals surface area contributed by atoms with Gasteiger partial charge < -0.3 is 4.90 Å². The summed E-state index contributed by atoms with van der Waals surface area (Å²) < 4.78 is 13.7. The standard InChI is InChI=1S/C18H16FN3O5/c1-10-6-13(19)7-12-4-3-5-20(17(10)12)18(23)15-8-14(21(24)25)9-16(11(15)2)22(26)27/h6-9H,3-5H2,1-2H3. The highest BCUT2D eigenvalue weighted by atomic mass is 19.1. The van der Waals surface area contributed by atoms with Gasteiger partial charge in [0.2, 0.25) is 0 Å². The van der Waals surface area contributed by atoms with Crippen LogP contribution in [0.2, 0.25) is 0 Å². The number of nitro groups is 2. The molecule has 0 bridgehead atoms. The Morgan fingerprint density at radius 1 is 1.11 bits per heavy atom. The summed E-state index contributed by atoms with van der Waals surface area (Å²) in [5, 5.41) is 22.4. The molecule has 0 aliphatic carbocycles. The number of hydrogen-bond acceptors (Lipinski definition) is 5. The summed E-state index contributed by atoms with van der Waals surface area (Å²) in [5.74, 6) is -0.974. The number of benzene rings is 2. The van der Waals surface area contributed by atoms with Crippen LogP contribution in [-0.2, 0) is 6.42 Å². The van der Waals surface area contributed by atoms with Gasteiger partial charge in [0.05, 0.1) is 27.2 Å². The van der Waals surface area contributed by atoms with Crippen LogP contribution in [0, 0.1) is 39.9 Å². The van der Waals surface area contributed by atoms with Gasteiger partial charge in [0.1, 0.15) is 5.82 Å². The Bertz CT molecular complexity index is 989. The van der Waals surface area contributed by atoms with Crippen LogP contribution in [-0.4, -0.2) is 22.3 Å². The first kappa shape index (κ1) is 18.4. The normalized spacial score (nSPS) is 13.2. The van der Waals surface area contributed by atoms with Gasteiger partial charge in [-0.2, -0.15) is 0 Å². The fourth-order valence-corrected chi connectivity index (χ4v) is 3.47. The topological polar surface area (TPSA) is 107 Å². The number of fused-ring (bicyclic) bond motifs is 1. The van der Waals surface area contributed by atoms with E-state index in [0.29, 0.717) is 36.2 Å². The molecule has 9 heteroatoms. The van der Waals surface area contributed by atoms with E-state index in [9.17, 15) is 29.4 Å². The number of nitro benzene ring substituents is 2. The lowest BCUT2D eigenvalue weighted by molar-refractivity contribution is -0.394. The van der Waals surface area contributed by atoms with Crippen molar-refractivity contribution in [1.82, 2.24) is 0 Å². The molecule has 2 aromatic carbocycles. The molecule has 140 valence electrons. The molecule has 0 unspecified atom stereocenters. The molecule has 8 nitrogen and oxygen atoms in total. The molecule has 1 aliphatic heterocycles. The Morgan fingerprint density at radius 3 is 2.44 bits per heavy atom. The van der Waals surface area contributed by atoms with E-state index in [1.54, 1.807) is 6.92 Å². The van der Waals surface area contributed by atoms with E-state index >= 15 is 0 Å². The van der Waals surface area contributed by atoms with Gasteiger partial charge in [-0.1, -0.05) is 0 Å². The maximum Gasteiger partial charge on any atom is 0.279 e. The summed E-state index contributed by atoms with van der Waals surface area (Å²) in [5.41, 5.74) is 0.737. The molecule has 1 amide bonds. The van der Waals surface area contributed by atoms with E-state index in [0.717, 1.165) is 12.1 Å². The molecule has 2 aromatic rings. The van der Waals surface area contributed by atoms with E-state index in [-0.39, 0.29) is 11.1 Å². The Morgan fingerprint density at radius 2 is 1.81 bits per heavy atom. The van der Waals surface area contributed by atoms with Crippen LogP contribution in [0.25, 0.3) is 0 Å². The molecular formula is C18H16FN3O5. The second kappa shape index (κ2) is 6.75. The third kappa shape index (κ3) is 3.23. The highest BCUT2D eigenvalue weighted by Crippen LogP contribution is 2.35. The molecule has 0 fully saturated rings. The summed E-state index contributed by atoms with van der Waals surface area (Å²) in [7, 11) is 0. The van der Waals surface area contributed by atoms with Gasteiger partial charge in [-0.3, -0.25) is 25.0 Å². The van der Waals surface area contributed by atoms with Crippen LogP contribution in [0.5, 0.6) is 0 Å². The monoisotopic (exact) mass is 373 g/mol. The van der Waals surface area contributed by atoms with E-state index in [1.165, 1.54) is 24.0 Å². The number of hydrogen-bond donors (Lipinski definition) is 0. The van der Waals surface area contributed by atoms with Crippen molar-refractivity contribution in [1.29, 1.82) is 0 Å². The van der Waals surface area contributed by atoms with Crippen molar-refractivity contribution in [3.8, 4) is 0 Å². The zero-order valence-corrected chi connectivity index (χ0v) is 14.7. The molecule has 0 saturated carbocycles. The molecule has 0 N–H and O–H groups in total. The van der Waals surface area contributed by atoms with Crippen molar-refractivity contribution in [2.45, 2.75) is 26.7 Å². The van der Waals surface area contributed by atoms with Crippen LogP contribution in [0.1, 0.15) is 33.5 Å². The number of anilines is 1. The fraction of sp³-hybridized carbons (Fsp3) is 0.278. The zero-order valence-electron chi connectivity index (χ0n) is 14.7. The van der Waals surface area contributed by atoms with E-state index in [1.807, 2.05) is 0 Å². The van der Waals surface area contributed by atoms with E-state index in [4.69, 9.17) is 0 Å². The summed E-state index contributed by atoms with van der Waals surface area (Å²) >= 11 is 0. The predicted octanol–water partition coefficient (Wildman–Crippen LogP) is 3.85. The second-order valence-electron chi connectivity index (χ2n) is 6.44. The first-order valence-corrected chi connectivity index (χ1v) is 8.25. The molecular weight excluding hydrogens is 357 g/mol. The van der Waals surface area contributed by atoms with E-state index < -0.39 is 32.9 Å². The molecule has 27 heavy (non-hydrogen) atoms. The molecule has 1 aliphatic rings. The van der Waals surface area contributed by atoms with Gasteiger partial charge in [0, 0.05) is 18.2 Å². The van der Waals surface area contributed by atoms with E-state index in [2.05, 4.69) is 0 Å². The Kier molecular flexibility index (Phi) is 4.61. The number of amides is 1. The highest BCUT2D eigenvalue weighted by molar-refractivity contribution is 6.09. The SMILES string of the molecule is Cc1cc(F)cc2c1N(C(=O)c1cc([N+](=O)[O-])cc([N+](=O)[O-])c1C)CCC2. The number of halogens is 1. The summed E-state index contributed by atoms with van der Waals surface area (Å²) in [6.07, 6.45) is 1.20. The first-order chi connectivity index (χ1) is 12.7. The second-order valence-corrected chi connectivity index (χ2v) is 6.44. The van der Waals surface area contributed by atoms with Crippen LogP contribution >= 0.6 is 0 Å². The average Bonchev–Trinajstić information content (AvgIpc) is 2.60. The predicted molar refractivity (Wildman–Crippen MR) is 95.6 cm³/mol. The average molecular weight is 373 g/mol. The number of rotatable bonds is 3. The van der Waals surface area contributed by atoms with Crippen LogP contribution in [0.4, 0.5) is 21.5 Å². The number of aryl methyl sites for hydroxylation is 2. The van der Waals surface area contributed by atoms with Gasteiger partial charge in [0.25, 0.3) is 17.3 Å². The molecule has 3 rings (SSSR count). The highest BCUT2D eigenvalue weighted by Gasteiger charge is 2.31. The molecule has 0 atom stereocenters. The number of nitrogens with zero attached hydrogens (tertiary/aromatic N) is 3. The van der Waals surface area contributed by atoms with Gasteiger partial charge in [-0.25, -0.2) is 4.39 Å². The number of carbonyl (C=O) groups is 1. The lowest BCUT2D eigenvalue weighted by atomic mass is 9.96. The van der Waals surface area contributed by atoms with Crippen molar-refractivity contribution in [2.75, 3.05) is 11.4 Å². The Balaban J connectivity index is 2.16. The molecule has 0 radical (unpaired) electrons. The van der Waals surface area contributed by atoms with Crippen molar-refractivity contribution in [2.24, 2.45) is 0 Å². The summed E-state index contributed by atoms with van der Waals surface area (Å²) in [6.45, 7) is 3.40. The number of carbonyl (C=O) groups excluding carboxylic acids is 1. The van der Waals surface area contributed by atoms with Crippen LogP contribution < -0.4 is 4.90 Å². The number of non-ortho nitro benzene ring substituents is 1. The minimum absolute atomic E-state index is 0.0579. The maximum atomic E-state index is 13.7. The van der Waals surface area contributed by atoms with Crippen molar-refractivity contribution >= 4 is 23.0 Å². The van der Waals surface area contributed by atoms with Gasteiger partial charge >= 0.3 is 0 Å². The Labute approximate surface area is 153 Å².